The third kappa shape index (κ3) is 5.19. The summed E-state index contributed by atoms with van der Waals surface area (Å²) in [5.74, 6) is -1.07. The molecule has 1 amide bonds. The van der Waals surface area contributed by atoms with Gasteiger partial charge in [-0.2, -0.15) is 0 Å². The van der Waals surface area contributed by atoms with Gasteiger partial charge in [0.2, 0.25) is 5.91 Å². The molecule has 0 spiro atoms. The van der Waals surface area contributed by atoms with Gasteiger partial charge in [-0.15, -0.1) is 0 Å². The Morgan fingerprint density at radius 1 is 0.838 bits per heavy atom. The number of halogens is 1. The molecule has 1 heterocycles. The highest BCUT2D eigenvalue weighted by atomic mass is 32.2. The van der Waals surface area contributed by atoms with Crippen molar-refractivity contribution in [3.8, 4) is 5.69 Å². The van der Waals surface area contributed by atoms with Crippen molar-refractivity contribution >= 4 is 40.0 Å². The second kappa shape index (κ2) is 10.6. The first-order valence-electron chi connectivity index (χ1n) is 11.4. The Bertz CT molecular complexity index is 1670. The van der Waals surface area contributed by atoms with Crippen LogP contribution in [0.15, 0.2) is 113 Å². The fourth-order valence-corrected chi connectivity index (χ4v) is 4.69. The Labute approximate surface area is 215 Å². The highest BCUT2D eigenvalue weighted by Crippen LogP contribution is 2.23. The summed E-state index contributed by atoms with van der Waals surface area (Å²) in [6.07, 6.45) is 0. The maximum atomic E-state index is 13.5. The Balaban J connectivity index is 1.42. The Morgan fingerprint density at radius 3 is 2.30 bits per heavy atom. The fraction of sp³-hybridized carbons (Fsp3) is 0.0345. The second-order valence-corrected chi connectivity index (χ2v) is 9.05. The van der Waals surface area contributed by atoms with Gasteiger partial charge in [-0.3, -0.25) is 19.0 Å². The number of anilines is 1. The van der Waals surface area contributed by atoms with E-state index in [1.807, 2.05) is 6.07 Å². The molecule has 5 aromatic rings. The predicted molar refractivity (Wildman–Crippen MR) is 143 cm³/mol. The SMILES string of the molecule is O=C(CSc1nc2ccccc2c(=O)n1-c1ccc(F)cc1)Nc1ccccc1C(=O)c1ccccc1. The van der Waals surface area contributed by atoms with Gasteiger partial charge in [-0.05, 0) is 48.5 Å². The molecule has 0 aliphatic heterocycles. The lowest BCUT2D eigenvalue weighted by Gasteiger charge is -2.14. The molecule has 37 heavy (non-hydrogen) atoms. The normalized spacial score (nSPS) is 10.8. The lowest BCUT2D eigenvalue weighted by Crippen LogP contribution is -2.23. The zero-order valence-electron chi connectivity index (χ0n) is 19.4. The summed E-state index contributed by atoms with van der Waals surface area (Å²) in [5.41, 5.74) is 1.89. The molecule has 1 N–H and O–H groups in total. The number of hydrogen-bond donors (Lipinski definition) is 1. The van der Waals surface area contributed by atoms with E-state index in [1.54, 1.807) is 72.8 Å². The molecular weight excluding hydrogens is 489 g/mol. The van der Waals surface area contributed by atoms with Gasteiger partial charge in [0.1, 0.15) is 5.82 Å². The van der Waals surface area contributed by atoms with E-state index in [0.717, 1.165) is 11.8 Å². The zero-order valence-corrected chi connectivity index (χ0v) is 20.2. The number of amides is 1. The van der Waals surface area contributed by atoms with Crippen LogP contribution in [0.1, 0.15) is 15.9 Å². The number of ketones is 1. The van der Waals surface area contributed by atoms with Crippen LogP contribution in [0.3, 0.4) is 0 Å². The zero-order chi connectivity index (χ0) is 25.8. The van der Waals surface area contributed by atoms with Gasteiger partial charge in [-0.25, -0.2) is 9.37 Å². The summed E-state index contributed by atoms with van der Waals surface area (Å²) in [4.78, 5) is 43.8. The number of nitrogens with one attached hydrogen (secondary N) is 1. The third-order valence-corrected chi connectivity index (χ3v) is 6.58. The lowest BCUT2D eigenvalue weighted by molar-refractivity contribution is -0.113. The molecule has 0 bridgehead atoms. The quantitative estimate of drug-likeness (QED) is 0.178. The summed E-state index contributed by atoms with van der Waals surface area (Å²) in [6, 6.07) is 28.1. The first-order valence-corrected chi connectivity index (χ1v) is 12.4. The number of nitrogens with zero attached hydrogens (tertiary/aromatic N) is 2. The highest BCUT2D eigenvalue weighted by Gasteiger charge is 2.17. The van der Waals surface area contributed by atoms with Crippen molar-refractivity contribution in [2.75, 3.05) is 11.1 Å². The second-order valence-electron chi connectivity index (χ2n) is 8.11. The number of carbonyl (C=O) groups is 2. The molecule has 5 rings (SSSR count). The minimum absolute atomic E-state index is 0.0696. The number of para-hydroxylation sites is 2. The largest absolute Gasteiger partial charge is 0.325 e. The summed E-state index contributed by atoms with van der Waals surface area (Å²) in [7, 11) is 0. The highest BCUT2D eigenvalue weighted by molar-refractivity contribution is 7.99. The topological polar surface area (TPSA) is 81.1 Å². The van der Waals surface area contributed by atoms with Crippen LogP contribution in [0, 0.1) is 5.82 Å². The minimum atomic E-state index is -0.428. The van der Waals surface area contributed by atoms with Crippen molar-refractivity contribution in [1.29, 1.82) is 0 Å². The summed E-state index contributed by atoms with van der Waals surface area (Å²) in [6.45, 7) is 0. The number of carbonyl (C=O) groups excluding carboxylic acids is 2. The van der Waals surface area contributed by atoms with E-state index in [2.05, 4.69) is 10.3 Å². The number of benzene rings is 4. The molecule has 0 unspecified atom stereocenters. The predicted octanol–water partition coefficient (Wildman–Crippen LogP) is 5.49. The third-order valence-electron chi connectivity index (χ3n) is 5.64. The monoisotopic (exact) mass is 509 g/mol. The molecule has 182 valence electrons. The van der Waals surface area contributed by atoms with Crippen LogP contribution in [0.2, 0.25) is 0 Å². The fourth-order valence-electron chi connectivity index (χ4n) is 3.88. The number of thioether (sulfide) groups is 1. The van der Waals surface area contributed by atoms with E-state index in [-0.39, 0.29) is 23.0 Å². The molecule has 6 nitrogen and oxygen atoms in total. The van der Waals surface area contributed by atoms with Crippen molar-refractivity contribution in [3.05, 3.63) is 130 Å². The molecule has 1 aromatic heterocycles. The van der Waals surface area contributed by atoms with Crippen LogP contribution in [0.5, 0.6) is 0 Å². The maximum absolute atomic E-state index is 13.5. The van der Waals surface area contributed by atoms with Crippen LogP contribution in [0.4, 0.5) is 10.1 Å². The molecule has 8 heteroatoms. The van der Waals surface area contributed by atoms with Gasteiger partial charge in [0.05, 0.1) is 28.0 Å². The van der Waals surface area contributed by atoms with Crippen molar-refractivity contribution in [2.45, 2.75) is 5.16 Å². The van der Waals surface area contributed by atoms with E-state index in [1.165, 1.54) is 28.8 Å². The standard InChI is InChI=1S/C29H20FN3O3S/c30-20-14-16-21(17-15-20)33-28(36)23-11-5-7-13-25(23)32-29(33)37-18-26(34)31-24-12-6-4-10-22(24)27(35)19-8-2-1-3-9-19/h1-17H,18H2,(H,31,34). The number of rotatable bonds is 7. The molecule has 0 fully saturated rings. The van der Waals surface area contributed by atoms with Crippen LogP contribution < -0.4 is 10.9 Å². The van der Waals surface area contributed by atoms with Gasteiger partial charge < -0.3 is 5.32 Å². The van der Waals surface area contributed by atoms with Gasteiger partial charge in [0.15, 0.2) is 10.9 Å². The van der Waals surface area contributed by atoms with Crippen molar-refractivity contribution in [1.82, 2.24) is 9.55 Å². The van der Waals surface area contributed by atoms with Crippen molar-refractivity contribution < 1.29 is 14.0 Å². The Hall–Kier alpha value is -4.56. The van der Waals surface area contributed by atoms with Gasteiger partial charge in [0, 0.05) is 11.1 Å². The molecule has 4 aromatic carbocycles. The summed E-state index contributed by atoms with van der Waals surface area (Å²) in [5, 5.41) is 3.51. The molecule has 0 aliphatic rings. The van der Waals surface area contributed by atoms with Crippen molar-refractivity contribution in [2.24, 2.45) is 0 Å². The Morgan fingerprint density at radius 2 is 1.51 bits per heavy atom. The van der Waals surface area contributed by atoms with Crippen LogP contribution in [-0.4, -0.2) is 27.0 Å². The van der Waals surface area contributed by atoms with E-state index >= 15 is 0 Å². The molecule has 0 radical (unpaired) electrons. The molecule has 0 saturated heterocycles. The van der Waals surface area contributed by atoms with Gasteiger partial charge >= 0.3 is 0 Å². The number of aromatic nitrogens is 2. The molecule has 0 aliphatic carbocycles. The lowest BCUT2D eigenvalue weighted by atomic mass is 10.0. The van der Waals surface area contributed by atoms with Crippen LogP contribution >= 0.6 is 11.8 Å². The molecular formula is C29H20FN3O3S. The average molecular weight is 510 g/mol. The average Bonchev–Trinajstić information content (AvgIpc) is 2.93. The van der Waals surface area contributed by atoms with Crippen molar-refractivity contribution in [3.63, 3.8) is 0 Å². The van der Waals surface area contributed by atoms with E-state index in [9.17, 15) is 18.8 Å². The first-order chi connectivity index (χ1) is 18.0. The van der Waals surface area contributed by atoms with E-state index in [4.69, 9.17) is 0 Å². The first kappa shape index (κ1) is 24.1. The smallest absolute Gasteiger partial charge is 0.266 e. The summed E-state index contributed by atoms with van der Waals surface area (Å²) < 4.78 is 14.9. The molecule has 0 atom stereocenters. The van der Waals surface area contributed by atoms with Gasteiger partial charge in [0.25, 0.3) is 5.56 Å². The molecule has 0 saturated carbocycles. The number of fused-ring (bicyclic) bond motifs is 1. The van der Waals surface area contributed by atoms with E-state index < -0.39 is 5.82 Å². The van der Waals surface area contributed by atoms with Crippen LogP contribution in [0.25, 0.3) is 16.6 Å². The summed E-state index contributed by atoms with van der Waals surface area (Å²) >= 11 is 1.07. The Kier molecular flexibility index (Phi) is 6.91. The van der Waals surface area contributed by atoms with Gasteiger partial charge in [-0.1, -0.05) is 66.4 Å². The number of hydrogen-bond acceptors (Lipinski definition) is 5. The maximum Gasteiger partial charge on any atom is 0.266 e. The van der Waals surface area contributed by atoms with E-state index in [0.29, 0.717) is 38.6 Å². The minimum Gasteiger partial charge on any atom is -0.325 e. The van der Waals surface area contributed by atoms with Crippen LogP contribution in [-0.2, 0) is 4.79 Å².